The molecule has 6 nitrogen and oxygen atoms in total. The van der Waals surface area contributed by atoms with Crippen molar-refractivity contribution in [3.05, 3.63) is 35.7 Å². The second-order valence-corrected chi connectivity index (χ2v) is 2.77. The van der Waals surface area contributed by atoms with Crippen LogP contribution in [-0.4, -0.2) is 26.9 Å². The van der Waals surface area contributed by atoms with Gasteiger partial charge in [0.2, 0.25) is 5.82 Å². The standard InChI is InChI=1S/C9H8N4O2/c14-5-7-3-1-2-4-8(7)15-6-9-10-12-13-11-9/h1-5H,6H2,(H,10,11,12,13). The molecular formula is C9H8N4O2. The predicted octanol–water partition coefficient (Wildman–Crippen LogP) is 0.591. The quantitative estimate of drug-likeness (QED) is 0.737. The highest BCUT2D eigenvalue weighted by Gasteiger charge is 2.03. The third-order valence-corrected chi connectivity index (χ3v) is 1.79. The van der Waals surface area contributed by atoms with Gasteiger partial charge in [0.25, 0.3) is 0 Å². The summed E-state index contributed by atoms with van der Waals surface area (Å²) in [6.07, 6.45) is 0.742. The fourth-order valence-corrected chi connectivity index (χ4v) is 1.10. The van der Waals surface area contributed by atoms with Crippen LogP contribution in [0.4, 0.5) is 0 Å². The number of carbonyl (C=O) groups excluding carboxylic acids is 1. The summed E-state index contributed by atoms with van der Waals surface area (Å²) in [6.45, 7) is 0.182. The van der Waals surface area contributed by atoms with Gasteiger partial charge in [0, 0.05) is 0 Å². The minimum atomic E-state index is 0.182. The zero-order valence-electron chi connectivity index (χ0n) is 7.75. The van der Waals surface area contributed by atoms with E-state index in [2.05, 4.69) is 20.6 Å². The number of ether oxygens (including phenoxy) is 1. The summed E-state index contributed by atoms with van der Waals surface area (Å²) in [7, 11) is 0. The number of rotatable bonds is 4. The highest BCUT2D eigenvalue weighted by atomic mass is 16.5. The number of aromatic amines is 1. The van der Waals surface area contributed by atoms with Crippen molar-refractivity contribution in [1.82, 2.24) is 20.6 Å². The molecule has 1 N–H and O–H groups in total. The topological polar surface area (TPSA) is 80.8 Å². The lowest BCUT2D eigenvalue weighted by Crippen LogP contribution is -1.99. The molecule has 1 aromatic carbocycles. The normalized spacial score (nSPS) is 9.87. The van der Waals surface area contributed by atoms with Crippen LogP contribution >= 0.6 is 0 Å². The number of para-hydroxylation sites is 1. The second kappa shape index (κ2) is 4.32. The molecule has 0 atom stereocenters. The van der Waals surface area contributed by atoms with Gasteiger partial charge in [-0.15, -0.1) is 10.2 Å². The van der Waals surface area contributed by atoms with Gasteiger partial charge in [-0.25, -0.2) is 0 Å². The number of aldehydes is 1. The molecule has 0 unspecified atom stereocenters. The maximum absolute atomic E-state index is 10.7. The van der Waals surface area contributed by atoms with Gasteiger partial charge in [-0.1, -0.05) is 17.3 Å². The first-order valence-electron chi connectivity index (χ1n) is 4.29. The first-order valence-corrected chi connectivity index (χ1v) is 4.29. The SMILES string of the molecule is O=Cc1ccccc1OCc1nn[nH]n1. The Balaban J connectivity index is 2.07. The molecule has 0 aliphatic rings. The van der Waals surface area contributed by atoms with Crippen molar-refractivity contribution in [2.45, 2.75) is 6.61 Å². The zero-order chi connectivity index (χ0) is 10.5. The largest absolute Gasteiger partial charge is 0.485 e. The summed E-state index contributed by atoms with van der Waals surface area (Å²) >= 11 is 0. The van der Waals surface area contributed by atoms with Crippen LogP contribution in [0, 0.1) is 0 Å². The van der Waals surface area contributed by atoms with Crippen molar-refractivity contribution >= 4 is 6.29 Å². The number of nitrogens with one attached hydrogen (secondary N) is 1. The van der Waals surface area contributed by atoms with Crippen LogP contribution in [0.15, 0.2) is 24.3 Å². The van der Waals surface area contributed by atoms with Crippen LogP contribution in [0.1, 0.15) is 16.2 Å². The van der Waals surface area contributed by atoms with Crippen molar-refractivity contribution < 1.29 is 9.53 Å². The molecule has 2 rings (SSSR count). The first kappa shape index (κ1) is 9.32. The van der Waals surface area contributed by atoms with E-state index in [0.29, 0.717) is 17.1 Å². The Morgan fingerprint density at radius 1 is 1.40 bits per heavy atom. The molecule has 76 valence electrons. The Hall–Kier alpha value is -2.24. The number of hydrogen-bond acceptors (Lipinski definition) is 5. The summed E-state index contributed by atoms with van der Waals surface area (Å²) in [4.78, 5) is 10.7. The smallest absolute Gasteiger partial charge is 0.211 e. The fourth-order valence-electron chi connectivity index (χ4n) is 1.10. The zero-order valence-corrected chi connectivity index (χ0v) is 7.75. The van der Waals surface area contributed by atoms with Gasteiger partial charge < -0.3 is 4.74 Å². The number of benzene rings is 1. The van der Waals surface area contributed by atoms with Gasteiger partial charge in [0.05, 0.1) is 5.56 Å². The Bertz CT molecular complexity index is 441. The van der Waals surface area contributed by atoms with Crippen LogP contribution in [-0.2, 0) is 6.61 Å². The van der Waals surface area contributed by atoms with Crippen molar-refractivity contribution in [2.75, 3.05) is 0 Å². The van der Waals surface area contributed by atoms with Gasteiger partial charge in [-0.2, -0.15) is 5.21 Å². The van der Waals surface area contributed by atoms with E-state index in [-0.39, 0.29) is 6.61 Å². The average Bonchev–Trinajstić information content (AvgIpc) is 2.79. The first-order chi connectivity index (χ1) is 7.40. The van der Waals surface area contributed by atoms with E-state index in [4.69, 9.17) is 4.74 Å². The molecular weight excluding hydrogens is 196 g/mol. The van der Waals surface area contributed by atoms with Crippen LogP contribution in [0.3, 0.4) is 0 Å². The minimum absolute atomic E-state index is 0.182. The number of aromatic nitrogens is 4. The van der Waals surface area contributed by atoms with Crippen LogP contribution in [0.5, 0.6) is 5.75 Å². The molecule has 6 heteroatoms. The van der Waals surface area contributed by atoms with E-state index < -0.39 is 0 Å². The number of nitrogens with zero attached hydrogens (tertiary/aromatic N) is 3. The highest BCUT2D eigenvalue weighted by molar-refractivity contribution is 5.79. The third kappa shape index (κ3) is 2.16. The van der Waals surface area contributed by atoms with Crippen molar-refractivity contribution in [3.63, 3.8) is 0 Å². The molecule has 0 saturated heterocycles. The van der Waals surface area contributed by atoms with Crippen molar-refractivity contribution in [1.29, 1.82) is 0 Å². The van der Waals surface area contributed by atoms with Crippen LogP contribution in [0.25, 0.3) is 0 Å². The number of tetrazole rings is 1. The second-order valence-electron chi connectivity index (χ2n) is 2.77. The molecule has 0 saturated carbocycles. The molecule has 2 aromatic rings. The Morgan fingerprint density at radius 3 is 3.00 bits per heavy atom. The minimum Gasteiger partial charge on any atom is -0.485 e. The summed E-state index contributed by atoms with van der Waals surface area (Å²) in [6, 6.07) is 6.95. The molecule has 0 bridgehead atoms. The summed E-state index contributed by atoms with van der Waals surface area (Å²) < 4.78 is 5.36. The lowest BCUT2D eigenvalue weighted by molar-refractivity contribution is 0.111. The van der Waals surface area contributed by atoms with Crippen LogP contribution in [0.2, 0.25) is 0 Å². The Labute approximate surface area is 85.3 Å². The fraction of sp³-hybridized carbons (Fsp3) is 0.111. The van der Waals surface area contributed by atoms with E-state index in [9.17, 15) is 4.79 Å². The molecule has 0 aliphatic heterocycles. The van der Waals surface area contributed by atoms with E-state index in [1.165, 1.54) is 0 Å². The maximum Gasteiger partial charge on any atom is 0.211 e. The van der Waals surface area contributed by atoms with Gasteiger partial charge in [0.15, 0.2) is 12.9 Å². The molecule has 0 amide bonds. The summed E-state index contributed by atoms with van der Waals surface area (Å²) in [5.74, 6) is 0.952. The molecule has 15 heavy (non-hydrogen) atoms. The lowest BCUT2D eigenvalue weighted by Gasteiger charge is -2.04. The Kier molecular flexibility index (Phi) is 2.68. The molecule has 1 aromatic heterocycles. The Morgan fingerprint density at radius 2 is 2.27 bits per heavy atom. The van der Waals surface area contributed by atoms with Crippen molar-refractivity contribution in [3.8, 4) is 5.75 Å². The molecule has 0 radical (unpaired) electrons. The van der Waals surface area contributed by atoms with E-state index >= 15 is 0 Å². The molecule has 0 aliphatic carbocycles. The molecule has 0 fully saturated rings. The lowest BCUT2D eigenvalue weighted by atomic mass is 10.2. The highest BCUT2D eigenvalue weighted by Crippen LogP contribution is 2.16. The van der Waals surface area contributed by atoms with Gasteiger partial charge in [-0.05, 0) is 12.1 Å². The molecule has 1 heterocycles. The van der Waals surface area contributed by atoms with Crippen LogP contribution < -0.4 is 4.74 Å². The summed E-state index contributed by atoms with van der Waals surface area (Å²) in [5, 5.41) is 13.2. The summed E-state index contributed by atoms with van der Waals surface area (Å²) in [5.41, 5.74) is 0.501. The number of carbonyl (C=O) groups is 1. The molecule has 0 spiro atoms. The third-order valence-electron chi connectivity index (χ3n) is 1.79. The van der Waals surface area contributed by atoms with Crippen molar-refractivity contribution in [2.24, 2.45) is 0 Å². The van der Waals surface area contributed by atoms with E-state index in [1.54, 1.807) is 24.3 Å². The number of hydrogen-bond donors (Lipinski definition) is 1. The maximum atomic E-state index is 10.7. The average molecular weight is 204 g/mol. The van der Waals surface area contributed by atoms with E-state index in [0.717, 1.165) is 6.29 Å². The van der Waals surface area contributed by atoms with Gasteiger partial charge in [-0.3, -0.25) is 4.79 Å². The monoisotopic (exact) mass is 204 g/mol. The predicted molar refractivity (Wildman–Crippen MR) is 50.3 cm³/mol. The number of H-pyrrole nitrogens is 1. The van der Waals surface area contributed by atoms with E-state index in [1.807, 2.05) is 0 Å². The van der Waals surface area contributed by atoms with Gasteiger partial charge in [0.1, 0.15) is 5.75 Å². The van der Waals surface area contributed by atoms with Gasteiger partial charge >= 0.3 is 0 Å².